The molecule has 3 N–H and O–H groups in total. The minimum Gasteiger partial charge on any atom is -0.346 e. The number of nitrogens with zero attached hydrogens (tertiary/aromatic N) is 2. The van der Waals surface area contributed by atoms with Crippen molar-refractivity contribution in [1.29, 1.82) is 0 Å². The molecule has 1 saturated heterocycles. The molecular weight excluding hydrogens is 272 g/mol. The lowest BCUT2D eigenvalue weighted by Crippen LogP contribution is -2.44. The van der Waals surface area contributed by atoms with E-state index in [0.29, 0.717) is 11.7 Å². The number of aromatic nitrogens is 1. The fourth-order valence-electron chi connectivity index (χ4n) is 2.15. The van der Waals surface area contributed by atoms with Gasteiger partial charge in [-0.25, -0.2) is 18.5 Å². The number of thiazole rings is 1. The summed E-state index contributed by atoms with van der Waals surface area (Å²) < 4.78 is 22.9. The van der Waals surface area contributed by atoms with Crippen LogP contribution in [0.4, 0.5) is 5.13 Å². The Kier molecular flexibility index (Phi) is 3.90. The fraction of sp³-hybridized carbons (Fsp3) is 0.700. The van der Waals surface area contributed by atoms with E-state index in [-0.39, 0.29) is 4.21 Å². The van der Waals surface area contributed by atoms with Gasteiger partial charge in [0.2, 0.25) is 10.0 Å². The maximum Gasteiger partial charge on any atom is 0.249 e. The zero-order valence-electron chi connectivity index (χ0n) is 10.5. The van der Waals surface area contributed by atoms with Crippen LogP contribution >= 0.6 is 11.3 Å². The molecule has 1 atom stereocenters. The molecule has 0 spiro atoms. The standard InChI is InChI=1S/C10H18N4O2S2/c1-7-9(18(11,15)16)17-10(13-7)14-5-3-4-8(6-14)12-2/h8,12H,3-6H2,1-2H3,(H2,11,15,16). The summed E-state index contributed by atoms with van der Waals surface area (Å²) >= 11 is 1.16. The molecule has 0 amide bonds. The van der Waals surface area contributed by atoms with Crippen molar-refractivity contribution in [2.75, 3.05) is 25.0 Å². The van der Waals surface area contributed by atoms with Crippen LogP contribution in [-0.2, 0) is 10.0 Å². The quantitative estimate of drug-likeness (QED) is 0.835. The smallest absolute Gasteiger partial charge is 0.249 e. The molecule has 0 aromatic carbocycles. The second kappa shape index (κ2) is 5.12. The Balaban J connectivity index is 2.24. The van der Waals surface area contributed by atoms with E-state index in [2.05, 4.69) is 15.2 Å². The molecule has 2 rings (SSSR count). The molecule has 1 fully saturated rings. The van der Waals surface area contributed by atoms with E-state index in [0.717, 1.165) is 42.4 Å². The van der Waals surface area contributed by atoms with Crippen molar-refractivity contribution in [3.8, 4) is 0 Å². The monoisotopic (exact) mass is 290 g/mol. The van der Waals surface area contributed by atoms with Crippen LogP contribution < -0.4 is 15.4 Å². The largest absolute Gasteiger partial charge is 0.346 e. The zero-order chi connectivity index (χ0) is 13.3. The first kappa shape index (κ1) is 13.7. The molecule has 0 radical (unpaired) electrons. The lowest BCUT2D eigenvalue weighted by Gasteiger charge is -2.32. The highest BCUT2D eigenvalue weighted by atomic mass is 32.2. The van der Waals surface area contributed by atoms with Gasteiger partial charge in [0.05, 0.1) is 5.69 Å². The highest BCUT2D eigenvalue weighted by Gasteiger charge is 2.24. The molecule has 6 nitrogen and oxygen atoms in total. The third kappa shape index (κ3) is 2.82. The van der Waals surface area contributed by atoms with Gasteiger partial charge in [-0.15, -0.1) is 0 Å². The predicted octanol–water partition coefficient (Wildman–Crippen LogP) is 0.287. The van der Waals surface area contributed by atoms with Gasteiger partial charge in [-0.1, -0.05) is 11.3 Å². The SMILES string of the molecule is CNC1CCCN(c2nc(C)c(S(N)(=O)=O)s2)C1. The van der Waals surface area contributed by atoms with Crippen LogP contribution in [0.15, 0.2) is 4.21 Å². The molecule has 0 aliphatic carbocycles. The number of rotatable bonds is 3. The molecule has 0 bridgehead atoms. The number of hydrogen-bond acceptors (Lipinski definition) is 6. The normalized spacial score (nSPS) is 21.3. The van der Waals surface area contributed by atoms with Crippen molar-refractivity contribution in [3.05, 3.63) is 5.69 Å². The number of sulfonamides is 1. The van der Waals surface area contributed by atoms with Crippen LogP contribution in [0.5, 0.6) is 0 Å². The lowest BCUT2D eigenvalue weighted by molar-refractivity contribution is 0.449. The third-order valence-corrected chi connectivity index (χ3v) is 5.87. The van der Waals surface area contributed by atoms with Crippen molar-refractivity contribution in [2.24, 2.45) is 5.14 Å². The van der Waals surface area contributed by atoms with Crippen molar-refractivity contribution in [3.63, 3.8) is 0 Å². The van der Waals surface area contributed by atoms with Gasteiger partial charge < -0.3 is 10.2 Å². The van der Waals surface area contributed by atoms with Crippen LogP contribution in [0.3, 0.4) is 0 Å². The van der Waals surface area contributed by atoms with Gasteiger partial charge in [-0.2, -0.15) is 0 Å². The Bertz CT molecular complexity index is 526. The van der Waals surface area contributed by atoms with E-state index in [1.807, 2.05) is 7.05 Å². The Morgan fingerprint density at radius 1 is 1.56 bits per heavy atom. The van der Waals surface area contributed by atoms with Gasteiger partial charge in [0.1, 0.15) is 0 Å². The fourth-order valence-corrected chi connectivity index (χ4v) is 4.14. The van der Waals surface area contributed by atoms with E-state index in [9.17, 15) is 8.42 Å². The number of hydrogen-bond donors (Lipinski definition) is 2. The summed E-state index contributed by atoms with van der Waals surface area (Å²) in [6.45, 7) is 3.45. The number of nitrogens with one attached hydrogen (secondary N) is 1. The molecule has 2 heterocycles. The second-order valence-electron chi connectivity index (χ2n) is 4.49. The van der Waals surface area contributed by atoms with Gasteiger partial charge in [0.15, 0.2) is 9.34 Å². The zero-order valence-corrected chi connectivity index (χ0v) is 12.1. The van der Waals surface area contributed by atoms with E-state index >= 15 is 0 Å². The first-order valence-electron chi connectivity index (χ1n) is 5.84. The molecule has 1 aromatic heterocycles. The topological polar surface area (TPSA) is 88.3 Å². The highest BCUT2D eigenvalue weighted by molar-refractivity contribution is 7.91. The van der Waals surface area contributed by atoms with E-state index in [1.165, 1.54) is 0 Å². The molecule has 8 heteroatoms. The number of piperidine rings is 1. The summed E-state index contributed by atoms with van der Waals surface area (Å²) in [6, 6.07) is 0.431. The summed E-state index contributed by atoms with van der Waals surface area (Å²) in [5, 5.41) is 9.16. The Morgan fingerprint density at radius 2 is 2.28 bits per heavy atom. The molecule has 0 saturated carbocycles. The number of anilines is 1. The van der Waals surface area contributed by atoms with Gasteiger partial charge in [-0.05, 0) is 26.8 Å². The molecule has 1 aromatic rings. The number of aryl methyl sites for hydroxylation is 1. The van der Waals surface area contributed by atoms with Crippen molar-refractivity contribution >= 4 is 26.5 Å². The minimum absolute atomic E-state index is 0.170. The maximum atomic E-state index is 11.4. The Labute approximate surface area is 111 Å². The summed E-state index contributed by atoms with van der Waals surface area (Å²) in [7, 11) is -1.72. The van der Waals surface area contributed by atoms with Crippen molar-refractivity contribution < 1.29 is 8.42 Å². The molecule has 18 heavy (non-hydrogen) atoms. The predicted molar refractivity (Wildman–Crippen MR) is 72.5 cm³/mol. The number of likely N-dealkylation sites (N-methyl/N-ethyl adjacent to an activating group) is 1. The summed E-state index contributed by atoms with van der Waals surface area (Å²) in [6.07, 6.45) is 2.22. The molecular formula is C10H18N4O2S2. The van der Waals surface area contributed by atoms with E-state index < -0.39 is 10.0 Å². The first-order valence-corrected chi connectivity index (χ1v) is 8.20. The van der Waals surface area contributed by atoms with Crippen LogP contribution in [0.2, 0.25) is 0 Å². The Morgan fingerprint density at radius 3 is 2.83 bits per heavy atom. The van der Waals surface area contributed by atoms with Crippen LogP contribution in [-0.4, -0.2) is 39.6 Å². The lowest BCUT2D eigenvalue weighted by atomic mass is 10.1. The van der Waals surface area contributed by atoms with E-state index in [4.69, 9.17) is 5.14 Å². The van der Waals surface area contributed by atoms with Gasteiger partial charge >= 0.3 is 0 Å². The number of nitrogens with two attached hydrogens (primary N) is 1. The van der Waals surface area contributed by atoms with Crippen LogP contribution in [0.1, 0.15) is 18.5 Å². The average Bonchev–Trinajstić information content (AvgIpc) is 2.71. The summed E-state index contributed by atoms with van der Waals surface area (Å²) in [5.41, 5.74) is 0.490. The Hall–Kier alpha value is -0.700. The van der Waals surface area contributed by atoms with Gasteiger partial charge in [0, 0.05) is 19.1 Å². The van der Waals surface area contributed by atoms with E-state index in [1.54, 1.807) is 6.92 Å². The van der Waals surface area contributed by atoms with Gasteiger partial charge in [0.25, 0.3) is 0 Å². The first-order chi connectivity index (χ1) is 8.41. The highest BCUT2D eigenvalue weighted by Crippen LogP contribution is 2.30. The second-order valence-corrected chi connectivity index (χ2v) is 7.22. The molecule has 102 valence electrons. The average molecular weight is 290 g/mol. The van der Waals surface area contributed by atoms with Crippen LogP contribution in [0, 0.1) is 6.92 Å². The van der Waals surface area contributed by atoms with Crippen LogP contribution in [0.25, 0.3) is 0 Å². The van der Waals surface area contributed by atoms with Crippen molar-refractivity contribution in [2.45, 2.75) is 30.0 Å². The summed E-state index contributed by atoms with van der Waals surface area (Å²) in [4.78, 5) is 6.45. The third-order valence-electron chi connectivity index (χ3n) is 3.10. The number of primary sulfonamides is 1. The van der Waals surface area contributed by atoms with Gasteiger partial charge in [-0.3, -0.25) is 0 Å². The molecule has 1 aliphatic rings. The summed E-state index contributed by atoms with van der Waals surface area (Å²) in [5.74, 6) is 0. The maximum absolute atomic E-state index is 11.4. The minimum atomic E-state index is -3.66. The molecule has 1 aliphatic heterocycles. The molecule has 1 unspecified atom stereocenters. The van der Waals surface area contributed by atoms with Crippen molar-refractivity contribution in [1.82, 2.24) is 10.3 Å².